The van der Waals surface area contributed by atoms with Crippen molar-refractivity contribution in [1.29, 1.82) is 0 Å². The number of hydrogen-bond donors (Lipinski definition) is 1. The number of nitrogens with two attached hydrogens (primary N) is 1. The lowest BCUT2D eigenvalue weighted by Gasteiger charge is -2.21. The number of carbonyl (C=O) groups excluding carboxylic acids is 1. The zero-order valence-electron chi connectivity index (χ0n) is 15.1. The minimum Gasteiger partial charge on any atom is -0.488 e. The Morgan fingerprint density at radius 2 is 1.45 bits per heavy atom. The number of hydrogen-bond acceptors (Lipinski definition) is 3. The molecule has 0 aliphatic carbocycles. The number of amides is 2. The zero-order valence-corrected chi connectivity index (χ0v) is 19.6. The lowest BCUT2D eigenvalue weighted by Crippen LogP contribution is -2.39. The molecule has 2 amide bonds. The third-order valence-corrected chi connectivity index (χ3v) is 5.35. The topological polar surface area (TPSA) is 64.8 Å². The molecule has 0 aliphatic heterocycles. The van der Waals surface area contributed by atoms with Gasteiger partial charge in [0.05, 0.1) is 26.6 Å². The second-order valence-corrected chi connectivity index (χ2v) is 8.23. The minimum atomic E-state index is -0.542. The Morgan fingerprint density at radius 3 is 2.00 bits per heavy atom. The Labute approximate surface area is 198 Å². The van der Waals surface area contributed by atoms with Crippen molar-refractivity contribution in [1.82, 2.24) is 4.90 Å². The maximum absolute atomic E-state index is 11.4. The van der Waals surface area contributed by atoms with Crippen molar-refractivity contribution in [3.8, 4) is 17.2 Å². The van der Waals surface area contributed by atoms with Gasteiger partial charge >= 0.3 is 6.03 Å². The van der Waals surface area contributed by atoms with Gasteiger partial charge in [-0.05, 0) is 24.6 Å². The van der Waals surface area contributed by atoms with Crippen LogP contribution in [0.15, 0.2) is 18.2 Å². The fraction of sp³-hybridized carbons (Fsp3) is 0.278. The first-order chi connectivity index (χ1) is 13.6. The van der Waals surface area contributed by atoms with Crippen LogP contribution < -0.4 is 15.2 Å². The van der Waals surface area contributed by atoms with Gasteiger partial charge in [0.25, 0.3) is 0 Å². The number of urea groups is 1. The van der Waals surface area contributed by atoms with E-state index in [0.717, 1.165) is 6.42 Å². The van der Waals surface area contributed by atoms with E-state index < -0.39 is 6.03 Å². The molecular weight excluding hydrogens is 505 g/mol. The highest BCUT2D eigenvalue weighted by molar-refractivity contribution is 6.42. The summed E-state index contributed by atoms with van der Waals surface area (Å²) in [6.07, 6.45) is 0.756. The molecule has 5 nitrogen and oxygen atoms in total. The van der Waals surface area contributed by atoms with Crippen LogP contribution in [0.3, 0.4) is 0 Å². The fourth-order valence-corrected chi connectivity index (χ4v) is 4.21. The molecule has 2 aromatic rings. The summed E-state index contributed by atoms with van der Waals surface area (Å²) in [5.41, 5.74) is 5.34. The normalized spacial score (nSPS) is 10.7. The van der Waals surface area contributed by atoms with Crippen LogP contribution in [0.4, 0.5) is 4.79 Å². The molecule has 0 heterocycles. The molecule has 158 valence electrons. The Bertz CT molecular complexity index is 887. The summed E-state index contributed by atoms with van der Waals surface area (Å²) in [4.78, 5) is 12.9. The van der Waals surface area contributed by atoms with Crippen molar-refractivity contribution in [3.63, 3.8) is 0 Å². The average Bonchev–Trinajstić information content (AvgIpc) is 2.61. The highest BCUT2D eigenvalue weighted by atomic mass is 35.5. The van der Waals surface area contributed by atoms with E-state index in [2.05, 4.69) is 0 Å². The summed E-state index contributed by atoms with van der Waals surface area (Å²) in [5, 5.41) is 0.995. The van der Waals surface area contributed by atoms with Crippen molar-refractivity contribution in [3.05, 3.63) is 48.3 Å². The molecule has 0 aliphatic rings. The molecule has 0 atom stereocenters. The van der Waals surface area contributed by atoms with Gasteiger partial charge in [0.15, 0.2) is 17.2 Å². The number of nitrogens with zero attached hydrogens (tertiary/aromatic N) is 1. The van der Waals surface area contributed by atoms with Gasteiger partial charge in [0.1, 0.15) is 11.6 Å². The van der Waals surface area contributed by atoms with Crippen molar-refractivity contribution in [2.75, 3.05) is 19.7 Å². The van der Waals surface area contributed by atoms with Crippen LogP contribution in [0.25, 0.3) is 0 Å². The van der Waals surface area contributed by atoms with Crippen LogP contribution in [-0.2, 0) is 0 Å². The van der Waals surface area contributed by atoms with Crippen LogP contribution in [0, 0.1) is 0 Å². The van der Waals surface area contributed by atoms with E-state index in [1.54, 1.807) is 0 Å². The molecule has 29 heavy (non-hydrogen) atoms. The summed E-state index contributed by atoms with van der Waals surface area (Å²) in [5.74, 6) is 0.312. The van der Waals surface area contributed by atoms with Gasteiger partial charge in [-0.2, -0.15) is 0 Å². The Kier molecular flexibility index (Phi) is 9.14. The first-order valence-electron chi connectivity index (χ1n) is 8.32. The van der Waals surface area contributed by atoms with Gasteiger partial charge in [-0.3, -0.25) is 0 Å². The van der Waals surface area contributed by atoms with Gasteiger partial charge in [0, 0.05) is 11.6 Å². The molecule has 0 aromatic heterocycles. The van der Waals surface area contributed by atoms with Crippen molar-refractivity contribution < 1.29 is 14.3 Å². The Hall–Kier alpha value is -0.950. The lowest BCUT2D eigenvalue weighted by atomic mass is 10.3. The van der Waals surface area contributed by atoms with Gasteiger partial charge < -0.3 is 20.1 Å². The number of benzene rings is 2. The first-order valence-corrected chi connectivity index (χ1v) is 10.6. The molecule has 2 aromatic carbocycles. The third kappa shape index (κ3) is 6.27. The molecule has 11 heteroatoms. The molecule has 0 fully saturated rings. The molecule has 2 rings (SSSR count). The number of primary amides is 1. The summed E-state index contributed by atoms with van der Waals surface area (Å²) < 4.78 is 11.4. The lowest BCUT2D eigenvalue weighted by molar-refractivity contribution is 0.191. The molecule has 0 unspecified atom stereocenters. The van der Waals surface area contributed by atoms with E-state index in [4.69, 9.17) is 84.8 Å². The smallest absolute Gasteiger partial charge is 0.314 e. The second kappa shape index (κ2) is 10.9. The molecule has 0 saturated heterocycles. The number of ether oxygens (including phenoxy) is 2. The molecule has 2 N–H and O–H groups in total. The summed E-state index contributed by atoms with van der Waals surface area (Å²) >= 11 is 37.1. The Morgan fingerprint density at radius 1 is 0.897 bits per heavy atom. The van der Waals surface area contributed by atoms with E-state index in [1.165, 1.54) is 23.1 Å². The molecule has 0 radical (unpaired) electrons. The van der Waals surface area contributed by atoms with Crippen molar-refractivity contribution >= 4 is 75.6 Å². The SMILES string of the molecule is CCCN(CCOc1c(Cl)cc(Cl)c(Oc2c(Cl)cc(Cl)cc2Cl)c1Cl)C(N)=O. The first kappa shape index (κ1) is 24.3. The monoisotopic (exact) mass is 518 g/mol. The van der Waals surface area contributed by atoms with Gasteiger partial charge in [-0.1, -0.05) is 76.5 Å². The van der Waals surface area contributed by atoms with E-state index in [1.807, 2.05) is 6.92 Å². The number of halogens is 6. The molecule has 0 bridgehead atoms. The van der Waals surface area contributed by atoms with Gasteiger partial charge in [0.2, 0.25) is 0 Å². The quantitative estimate of drug-likeness (QED) is 0.390. The predicted octanol–water partition coefficient (Wildman–Crippen LogP) is 7.57. The summed E-state index contributed by atoms with van der Waals surface area (Å²) in [6.45, 7) is 2.79. The highest BCUT2D eigenvalue weighted by Gasteiger charge is 2.21. The standard InChI is InChI=1S/C18H16Cl6N2O3/c1-2-3-26(18(25)27)4-5-28-16-12(22)8-13(23)17(14(16)24)29-15-10(20)6-9(19)7-11(15)21/h6-8H,2-5H2,1H3,(H2,25,27). The highest BCUT2D eigenvalue weighted by Crippen LogP contribution is 2.48. The molecule has 0 saturated carbocycles. The van der Waals surface area contributed by atoms with E-state index >= 15 is 0 Å². The van der Waals surface area contributed by atoms with Gasteiger partial charge in [-0.25, -0.2) is 4.79 Å². The summed E-state index contributed by atoms with van der Waals surface area (Å²) in [7, 11) is 0. The van der Waals surface area contributed by atoms with Crippen LogP contribution in [0.2, 0.25) is 30.1 Å². The zero-order chi connectivity index (χ0) is 21.7. The van der Waals surface area contributed by atoms with Crippen molar-refractivity contribution in [2.24, 2.45) is 5.73 Å². The summed E-state index contributed by atoms with van der Waals surface area (Å²) in [6, 6.07) is 3.80. The average molecular weight is 521 g/mol. The molecular formula is C18H16Cl6N2O3. The van der Waals surface area contributed by atoms with Crippen LogP contribution >= 0.6 is 69.6 Å². The Balaban J connectivity index is 2.27. The maximum Gasteiger partial charge on any atom is 0.314 e. The second-order valence-electron chi connectivity index (χ2n) is 5.79. The largest absolute Gasteiger partial charge is 0.488 e. The van der Waals surface area contributed by atoms with E-state index in [-0.39, 0.29) is 55.5 Å². The van der Waals surface area contributed by atoms with E-state index in [0.29, 0.717) is 11.6 Å². The van der Waals surface area contributed by atoms with Crippen molar-refractivity contribution in [2.45, 2.75) is 13.3 Å². The van der Waals surface area contributed by atoms with Crippen LogP contribution in [0.5, 0.6) is 17.2 Å². The maximum atomic E-state index is 11.4. The van der Waals surface area contributed by atoms with Gasteiger partial charge in [-0.15, -0.1) is 0 Å². The predicted molar refractivity (Wildman–Crippen MR) is 120 cm³/mol. The fourth-order valence-electron chi connectivity index (χ4n) is 2.37. The minimum absolute atomic E-state index is 0.0192. The number of carbonyl (C=O) groups is 1. The number of rotatable bonds is 8. The van der Waals surface area contributed by atoms with Crippen LogP contribution in [-0.4, -0.2) is 30.6 Å². The van der Waals surface area contributed by atoms with E-state index in [9.17, 15) is 4.79 Å². The van der Waals surface area contributed by atoms with Crippen LogP contribution in [0.1, 0.15) is 13.3 Å². The third-order valence-electron chi connectivity index (χ3n) is 3.67. The molecule has 0 spiro atoms.